The van der Waals surface area contributed by atoms with Crippen LogP contribution < -0.4 is 0 Å². The summed E-state index contributed by atoms with van der Waals surface area (Å²) in [6, 6.07) is 5.68. The Hall–Kier alpha value is -1.88. The van der Waals surface area contributed by atoms with Crippen LogP contribution in [-0.4, -0.2) is 20.9 Å². The molecule has 0 saturated heterocycles. The highest BCUT2D eigenvalue weighted by Crippen LogP contribution is 2.15. The van der Waals surface area contributed by atoms with Gasteiger partial charge in [-0.15, -0.1) is 0 Å². The van der Waals surface area contributed by atoms with Crippen LogP contribution in [0.4, 0.5) is 4.39 Å². The van der Waals surface area contributed by atoms with Gasteiger partial charge in [-0.2, -0.15) is 5.10 Å². The number of carboxylic acids is 1. The van der Waals surface area contributed by atoms with E-state index in [9.17, 15) is 9.18 Å². The minimum Gasteiger partial charge on any atom is -0.476 e. The number of nitrogens with zero attached hydrogens (tertiary/aromatic N) is 2. The van der Waals surface area contributed by atoms with Crippen molar-refractivity contribution in [2.45, 2.75) is 6.54 Å². The molecule has 0 amide bonds. The fourth-order valence-electron chi connectivity index (χ4n) is 1.39. The van der Waals surface area contributed by atoms with Gasteiger partial charge in [-0.3, -0.25) is 4.68 Å². The molecule has 0 radical (unpaired) electrons. The van der Waals surface area contributed by atoms with Gasteiger partial charge in [0.05, 0.1) is 6.54 Å². The van der Waals surface area contributed by atoms with Crippen molar-refractivity contribution in [1.29, 1.82) is 0 Å². The van der Waals surface area contributed by atoms with E-state index in [0.29, 0.717) is 10.6 Å². The van der Waals surface area contributed by atoms with E-state index in [0.717, 1.165) is 0 Å². The van der Waals surface area contributed by atoms with Gasteiger partial charge in [0, 0.05) is 16.8 Å². The predicted molar refractivity (Wildman–Crippen MR) is 59.7 cm³/mol. The van der Waals surface area contributed by atoms with Gasteiger partial charge >= 0.3 is 5.97 Å². The van der Waals surface area contributed by atoms with Gasteiger partial charge in [0.15, 0.2) is 5.69 Å². The average Bonchev–Trinajstić information content (AvgIpc) is 2.71. The van der Waals surface area contributed by atoms with Crippen molar-refractivity contribution < 1.29 is 14.3 Å². The van der Waals surface area contributed by atoms with E-state index in [1.807, 2.05) is 0 Å². The fourth-order valence-corrected chi connectivity index (χ4v) is 1.55. The lowest BCUT2D eigenvalue weighted by Gasteiger charge is -2.03. The first-order valence-corrected chi connectivity index (χ1v) is 5.15. The van der Waals surface area contributed by atoms with Gasteiger partial charge in [-0.1, -0.05) is 17.7 Å². The summed E-state index contributed by atoms with van der Waals surface area (Å²) in [5, 5.41) is 12.8. The lowest BCUT2D eigenvalue weighted by atomic mass is 10.2. The fraction of sp³-hybridized carbons (Fsp3) is 0.0909. The third-order valence-electron chi connectivity index (χ3n) is 2.21. The topological polar surface area (TPSA) is 55.1 Å². The molecular formula is C11H8ClFN2O2. The standard InChI is InChI=1S/C11H8ClFN2O2/c12-8-2-1-7(9(13)5-8)6-15-4-3-10(14-15)11(16)17/h1-5H,6H2,(H,16,17). The van der Waals surface area contributed by atoms with E-state index in [-0.39, 0.29) is 12.2 Å². The molecule has 0 fully saturated rings. The van der Waals surface area contributed by atoms with Crippen LogP contribution in [0.1, 0.15) is 16.1 Å². The number of benzene rings is 1. The summed E-state index contributed by atoms with van der Waals surface area (Å²) in [5.74, 6) is -1.55. The lowest BCUT2D eigenvalue weighted by Crippen LogP contribution is -2.05. The maximum absolute atomic E-state index is 13.5. The molecule has 0 aliphatic heterocycles. The van der Waals surface area contributed by atoms with E-state index in [4.69, 9.17) is 16.7 Å². The van der Waals surface area contributed by atoms with Crippen LogP contribution in [0.2, 0.25) is 5.02 Å². The Morgan fingerprint density at radius 3 is 2.82 bits per heavy atom. The van der Waals surface area contributed by atoms with Crippen LogP contribution in [0.15, 0.2) is 30.5 Å². The second kappa shape index (κ2) is 4.55. The molecule has 4 nitrogen and oxygen atoms in total. The van der Waals surface area contributed by atoms with Gasteiger partial charge in [-0.05, 0) is 18.2 Å². The molecule has 0 aliphatic carbocycles. The highest BCUT2D eigenvalue weighted by molar-refractivity contribution is 6.30. The SMILES string of the molecule is O=C(O)c1ccn(Cc2ccc(Cl)cc2F)n1. The molecule has 6 heteroatoms. The number of carbonyl (C=O) groups is 1. The molecule has 2 rings (SSSR count). The number of hydrogen-bond acceptors (Lipinski definition) is 2. The first kappa shape index (κ1) is 11.6. The maximum atomic E-state index is 13.5. The first-order chi connectivity index (χ1) is 8.06. The van der Waals surface area contributed by atoms with Gasteiger partial charge in [-0.25, -0.2) is 9.18 Å². The van der Waals surface area contributed by atoms with Crippen molar-refractivity contribution in [3.05, 3.63) is 52.6 Å². The Labute approximate surface area is 101 Å². The van der Waals surface area contributed by atoms with Crippen LogP contribution in [0, 0.1) is 5.82 Å². The summed E-state index contributed by atoms with van der Waals surface area (Å²) in [6.07, 6.45) is 1.48. The number of aromatic carboxylic acids is 1. The lowest BCUT2D eigenvalue weighted by molar-refractivity contribution is 0.0689. The molecule has 0 bridgehead atoms. The highest BCUT2D eigenvalue weighted by atomic mass is 35.5. The Balaban J connectivity index is 2.22. The first-order valence-electron chi connectivity index (χ1n) is 4.77. The van der Waals surface area contributed by atoms with Crippen molar-refractivity contribution >= 4 is 17.6 Å². The minimum atomic E-state index is -1.11. The number of rotatable bonds is 3. The molecule has 2 aromatic rings. The van der Waals surface area contributed by atoms with E-state index in [1.54, 1.807) is 12.1 Å². The normalized spacial score (nSPS) is 10.5. The molecule has 1 N–H and O–H groups in total. The summed E-state index contributed by atoms with van der Waals surface area (Å²) in [4.78, 5) is 10.6. The van der Waals surface area contributed by atoms with Crippen molar-refractivity contribution in [2.75, 3.05) is 0 Å². The molecule has 0 saturated carbocycles. The molecule has 0 atom stereocenters. The predicted octanol–water partition coefficient (Wildman–Crippen LogP) is 2.42. The second-order valence-electron chi connectivity index (χ2n) is 3.44. The van der Waals surface area contributed by atoms with E-state index >= 15 is 0 Å². The zero-order valence-electron chi connectivity index (χ0n) is 8.60. The third-order valence-corrected chi connectivity index (χ3v) is 2.44. The summed E-state index contributed by atoms with van der Waals surface area (Å²) >= 11 is 5.63. The largest absolute Gasteiger partial charge is 0.476 e. The molecule has 0 spiro atoms. The minimum absolute atomic E-state index is 0.0700. The van der Waals surface area contributed by atoms with E-state index in [1.165, 1.54) is 23.0 Å². The van der Waals surface area contributed by atoms with Crippen LogP contribution in [-0.2, 0) is 6.54 Å². The molecule has 17 heavy (non-hydrogen) atoms. The van der Waals surface area contributed by atoms with Crippen LogP contribution >= 0.6 is 11.6 Å². The molecule has 88 valence electrons. The van der Waals surface area contributed by atoms with Crippen molar-refractivity contribution in [1.82, 2.24) is 9.78 Å². The number of hydrogen-bond donors (Lipinski definition) is 1. The Kier molecular flexibility index (Phi) is 3.10. The van der Waals surface area contributed by atoms with Crippen LogP contribution in [0.3, 0.4) is 0 Å². The molecule has 0 aliphatic rings. The Morgan fingerprint density at radius 1 is 1.47 bits per heavy atom. The van der Waals surface area contributed by atoms with Crippen molar-refractivity contribution in [3.63, 3.8) is 0 Å². The van der Waals surface area contributed by atoms with Gasteiger partial charge in [0.25, 0.3) is 0 Å². The monoisotopic (exact) mass is 254 g/mol. The number of halogens is 2. The Morgan fingerprint density at radius 2 is 2.24 bits per heavy atom. The summed E-state index contributed by atoms with van der Waals surface area (Å²) in [6.45, 7) is 0.163. The molecule has 0 unspecified atom stereocenters. The summed E-state index contributed by atoms with van der Waals surface area (Å²) in [5.41, 5.74) is 0.328. The average molecular weight is 255 g/mol. The molecule has 1 heterocycles. The van der Waals surface area contributed by atoms with E-state index < -0.39 is 11.8 Å². The molecule has 1 aromatic carbocycles. The second-order valence-corrected chi connectivity index (χ2v) is 3.88. The van der Waals surface area contributed by atoms with Crippen LogP contribution in [0.25, 0.3) is 0 Å². The third kappa shape index (κ3) is 2.62. The zero-order valence-corrected chi connectivity index (χ0v) is 9.36. The smallest absolute Gasteiger partial charge is 0.356 e. The van der Waals surface area contributed by atoms with Gasteiger partial charge in [0.1, 0.15) is 5.82 Å². The van der Waals surface area contributed by atoms with Gasteiger partial charge < -0.3 is 5.11 Å². The number of carboxylic acid groups (broad SMARTS) is 1. The zero-order chi connectivity index (χ0) is 12.4. The Bertz CT molecular complexity index is 568. The molecule has 1 aromatic heterocycles. The highest BCUT2D eigenvalue weighted by Gasteiger charge is 2.08. The van der Waals surface area contributed by atoms with E-state index in [2.05, 4.69) is 5.10 Å². The maximum Gasteiger partial charge on any atom is 0.356 e. The number of aromatic nitrogens is 2. The van der Waals surface area contributed by atoms with Crippen LogP contribution in [0.5, 0.6) is 0 Å². The summed E-state index contributed by atoms with van der Waals surface area (Å²) < 4.78 is 14.8. The quantitative estimate of drug-likeness (QED) is 0.915. The molecular weight excluding hydrogens is 247 g/mol. The summed E-state index contributed by atoms with van der Waals surface area (Å²) in [7, 11) is 0. The van der Waals surface area contributed by atoms with Crippen molar-refractivity contribution in [2.24, 2.45) is 0 Å². The van der Waals surface area contributed by atoms with Gasteiger partial charge in [0.2, 0.25) is 0 Å². The van der Waals surface area contributed by atoms with Crippen molar-refractivity contribution in [3.8, 4) is 0 Å².